The minimum Gasteiger partial charge on any atom is -0.370 e. The Bertz CT molecular complexity index is 496. The van der Waals surface area contributed by atoms with E-state index in [2.05, 4.69) is 15.3 Å². The van der Waals surface area contributed by atoms with Gasteiger partial charge < -0.3 is 10.3 Å². The van der Waals surface area contributed by atoms with E-state index in [0.717, 1.165) is 25.1 Å². The zero-order chi connectivity index (χ0) is 13.1. The molecule has 0 saturated heterocycles. The summed E-state index contributed by atoms with van der Waals surface area (Å²) < 4.78 is 11.2. The number of rotatable bonds is 6. The highest BCUT2D eigenvalue weighted by molar-refractivity contribution is 7.84. The molecule has 1 heterocycles. The summed E-state index contributed by atoms with van der Waals surface area (Å²) in [6, 6.07) is 1.47. The van der Waals surface area contributed by atoms with Crippen LogP contribution in [0.15, 0.2) is 10.9 Å². The predicted octanol–water partition coefficient (Wildman–Crippen LogP) is 1.22. The second kappa shape index (κ2) is 5.65. The van der Waals surface area contributed by atoms with E-state index >= 15 is 0 Å². The largest absolute Gasteiger partial charge is 0.370 e. The molecule has 1 saturated carbocycles. The molecule has 2 atom stereocenters. The second-order valence-electron chi connectivity index (χ2n) is 4.81. The van der Waals surface area contributed by atoms with Crippen LogP contribution in [0.3, 0.4) is 0 Å². The Morgan fingerprint density at radius 2 is 2.33 bits per heavy atom. The molecule has 0 aromatic carbocycles. The van der Waals surface area contributed by atoms with Gasteiger partial charge in [0.05, 0.1) is 0 Å². The minimum absolute atomic E-state index is 0.110. The number of anilines is 1. The van der Waals surface area contributed by atoms with Crippen molar-refractivity contribution in [2.45, 2.75) is 37.4 Å². The molecule has 1 aromatic heterocycles. The van der Waals surface area contributed by atoms with E-state index in [0.29, 0.717) is 18.3 Å². The second-order valence-corrected chi connectivity index (χ2v) is 6.62. The van der Waals surface area contributed by atoms with Crippen LogP contribution < -0.4 is 10.9 Å². The van der Waals surface area contributed by atoms with Crippen molar-refractivity contribution < 1.29 is 4.21 Å². The molecule has 1 aliphatic carbocycles. The van der Waals surface area contributed by atoms with Gasteiger partial charge in [0.15, 0.2) is 0 Å². The van der Waals surface area contributed by atoms with Gasteiger partial charge in [0, 0.05) is 40.8 Å². The van der Waals surface area contributed by atoms with Gasteiger partial charge in [-0.1, -0.05) is 6.92 Å². The van der Waals surface area contributed by atoms with Crippen LogP contribution in [0.1, 0.15) is 37.9 Å². The number of hydrogen-bond donors (Lipinski definition) is 2. The highest BCUT2D eigenvalue weighted by atomic mass is 32.2. The summed E-state index contributed by atoms with van der Waals surface area (Å²) in [5.41, 5.74) is -0.110. The number of nitrogens with zero attached hydrogens (tertiary/aromatic N) is 1. The van der Waals surface area contributed by atoms with Crippen LogP contribution in [-0.4, -0.2) is 32.2 Å². The van der Waals surface area contributed by atoms with Gasteiger partial charge in [0.25, 0.3) is 5.56 Å². The first kappa shape index (κ1) is 13.3. The summed E-state index contributed by atoms with van der Waals surface area (Å²) in [5, 5.41) is 3.28. The molecule has 2 unspecified atom stereocenters. The van der Waals surface area contributed by atoms with E-state index in [9.17, 15) is 9.00 Å². The smallest absolute Gasteiger partial charge is 0.252 e. The maximum absolute atomic E-state index is 11.5. The first-order valence-electron chi connectivity index (χ1n) is 6.23. The van der Waals surface area contributed by atoms with E-state index in [-0.39, 0.29) is 10.8 Å². The topological polar surface area (TPSA) is 74.8 Å². The van der Waals surface area contributed by atoms with Gasteiger partial charge >= 0.3 is 0 Å². The van der Waals surface area contributed by atoms with Crippen LogP contribution in [0.2, 0.25) is 0 Å². The average molecular weight is 269 g/mol. The van der Waals surface area contributed by atoms with Crippen molar-refractivity contribution in [3.05, 3.63) is 22.2 Å². The van der Waals surface area contributed by atoms with Crippen LogP contribution >= 0.6 is 0 Å². The van der Waals surface area contributed by atoms with E-state index in [1.54, 1.807) is 6.26 Å². The fraction of sp³-hybridized carbons (Fsp3) is 0.667. The molecule has 5 nitrogen and oxygen atoms in total. The Morgan fingerprint density at radius 3 is 2.94 bits per heavy atom. The lowest BCUT2D eigenvalue weighted by Crippen LogP contribution is -2.17. The van der Waals surface area contributed by atoms with Gasteiger partial charge in [-0.25, -0.2) is 4.98 Å². The summed E-state index contributed by atoms with van der Waals surface area (Å²) >= 11 is 0. The Morgan fingerprint density at radius 1 is 1.61 bits per heavy atom. The molecule has 0 spiro atoms. The van der Waals surface area contributed by atoms with E-state index < -0.39 is 10.8 Å². The monoisotopic (exact) mass is 269 g/mol. The fourth-order valence-corrected chi connectivity index (χ4v) is 2.14. The highest BCUT2D eigenvalue weighted by Gasteiger charge is 2.26. The number of H-pyrrole nitrogens is 1. The summed E-state index contributed by atoms with van der Waals surface area (Å²) in [7, 11) is -0.803. The highest BCUT2D eigenvalue weighted by Crippen LogP contribution is 2.37. The van der Waals surface area contributed by atoms with Gasteiger partial charge in [-0.05, 0) is 19.3 Å². The zero-order valence-electron chi connectivity index (χ0n) is 10.7. The molecule has 1 aliphatic rings. The van der Waals surface area contributed by atoms with Crippen LogP contribution in [0.25, 0.3) is 0 Å². The normalized spacial score (nSPS) is 18.3. The van der Waals surface area contributed by atoms with E-state index in [4.69, 9.17) is 0 Å². The molecule has 18 heavy (non-hydrogen) atoms. The van der Waals surface area contributed by atoms with Crippen molar-refractivity contribution in [3.63, 3.8) is 0 Å². The standard InChI is InChI=1S/C12H19N3O2S/c1-8(18(2)17)5-6-13-10-7-11(16)15-12(14-10)9-3-4-9/h7-9H,3-6H2,1-2H3,(H2,13,14,15,16). The first-order chi connectivity index (χ1) is 8.56. The molecular weight excluding hydrogens is 250 g/mol. The molecular formula is C12H19N3O2S. The molecule has 0 bridgehead atoms. The van der Waals surface area contributed by atoms with Crippen molar-refractivity contribution >= 4 is 16.6 Å². The quantitative estimate of drug-likeness (QED) is 0.814. The zero-order valence-corrected chi connectivity index (χ0v) is 11.5. The molecule has 0 amide bonds. The van der Waals surface area contributed by atoms with E-state index in [1.165, 1.54) is 6.07 Å². The Hall–Kier alpha value is -1.17. The maximum atomic E-state index is 11.5. The van der Waals surface area contributed by atoms with Crippen molar-refractivity contribution in [3.8, 4) is 0 Å². The lowest BCUT2D eigenvalue weighted by molar-refractivity contribution is 0.672. The van der Waals surface area contributed by atoms with Gasteiger partial charge in [-0.3, -0.25) is 9.00 Å². The minimum atomic E-state index is -0.803. The van der Waals surface area contributed by atoms with Crippen molar-refractivity contribution in [2.75, 3.05) is 18.1 Å². The first-order valence-corrected chi connectivity index (χ1v) is 7.85. The van der Waals surface area contributed by atoms with E-state index in [1.807, 2.05) is 6.92 Å². The molecule has 2 rings (SSSR count). The maximum Gasteiger partial charge on any atom is 0.252 e. The van der Waals surface area contributed by atoms with Crippen molar-refractivity contribution in [2.24, 2.45) is 0 Å². The van der Waals surface area contributed by atoms with Crippen LogP contribution in [0.4, 0.5) is 5.82 Å². The van der Waals surface area contributed by atoms with Gasteiger partial charge in [0.2, 0.25) is 0 Å². The molecule has 0 aliphatic heterocycles. The molecule has 2 N–H and O–H groups in total. The Labute approximate surface area is 109 Å². The molecule has 1 aromatic rings. The average Bonchev–Trinajstić information content (AvgIpc) is 3.11. The van der Waals surface area contributed by atoms with Gasteiger partial charge in [0.1, 0.15) is 11.6 Å². The molecule has 100 valence electrons. The van der Waals surface area contributed by atoms with Crippen molar-refractivity contribution in [1.29, 1.82) is 0 Å². The number of aromatic nitrogens is 2. The third-order valence-corrected chi connectivity index (χ3v) is 4.52. The summed E-state index contributed by atoms with van der Waals surface area (Å²) in [5.74, 6) is 1.84. The fourth-order valence-electron chi connectivity index (χ4n) is 1.69. The summed E-state index contributed by atoms with van der Waals surface area (Å²) in [4.78, 5) is 18.6. The Balaban J connectivity index is 1.92. The predicted molar refractivity (Wildman–Crippen MR) is 73.5 cm³/mol. The SMILES string of the molecule is CC(CCNc1cc(=O)[nH]c(C2CC2)n1)S(C)=O. The summed E-state index contributed by atoms with van der Waals surface area (Å²) in [6.45, 7) is 2.64. The molecule has 1 fully saturated rings. The Kier molecular flexibility index (Phi) is 4.16. The molecule has 0 radical (unpaired) electrons. The molecule has 6 heteroatoms. The van der Waals surface area contributed by atoms with Crippen LogP contribution in [0.5, 0.6) is 0 Å². The van der Waals surface area contributed by atoms with Crippen molar-refractivity contribution in [1.82, 2.24) is 9.97 Å². The number of aromatic amines is 1. The lowest BCUT2D eigenvalue weighted by atomic mass is 10.3. The van der Waals surface area contributed by atoms with Gasteiger partial charge in [-0.2, -0.15) is 0 Å². The number of nitrogens with one attached hydrogen (secondary N) is 2. The van der Waals surface area contributed by atoms with Gasteiger partial charge in [-0.15, -0.1) is 0 Å². The van der Waals surface area contributed by atoms with Crippen LogP contribution in [0, 0.1) is 0 Å². The van der Waals surface area contributed by atoms with Crippen LogP contribution in [-0.2, 0) is 10.8 Å². The number of hydrogen-bond acceptors (Lipinski definition) is 4. The lowest BCUT2D eigenvalue weighted by Gasteiger charge is -2.10. The third-order valence-electron chi connectivity index (χ3n) is 3.15. The summed E-state index contributed by atoms with van der Waals surface area (Å²) in [6.07, 6.45) is 4.73. The third kappa shape index (κ3) is 3.66.